The van der Waals surface area contributed by atoms with Crippen LogP contribution < -0.4 is 4.90 Å². The molecule has 1 aliphatic heterocycles. The Balaban J connectivity index is 2.27. The van der Waals surface area contributed by atoms with Crippen molar-refractivity contribution in [1.29, 1.82) is 5.26 Å². The second-order valence-corrected chi connectivity index (χ2v) is 4.90. The van der Waals surface area contributed by atoms with Crippen LogP contribution in [0, 0.1) is 30.0 Å². The maximum atomic E-state index is 13.9. The summed E-state index contributed by atoms with van der Waals surface area (Å²) in [5.74, 6) is 0.454. The van der Waals surface area contributed by atoms with E-state index in [4.69, 9.17) is 5.26 Å². The molecule has 0 radical (unpaired) electrons. The van der Waals surface area contributed by atoms with Gasteiger partial charge in [-0.3, -0.25) is 0 Å². The largest absolute Gasteiger partial charge is 0.369 e. The minimum atomic E-state index is -0.276. The molecular formula is C14H17FN2. The number of aryl methyl sites for hydroxylation is 1. The number of hydrogen-bond donors (Lipinski definition) is 0. The summed E-state index contributed by atoms with van der Waals surface area (Å²) < 4.78 is 13.9. The van der Waals surface area contributed by atoms with Crippen molar-refractivity contribution < 1.29 is 4.39 Å². The van der Waals surface area contributed by atoms with E-state index in [0.717, 1.165) is 37.4 Å². The topological polar surface area (TPSA) is 27.0 Å². The van der Waals surface area contributed by atoms with E-state index in [0.29, 0.717) is 11.3 Å². The molecule has 2 rings (SSSR count). The molecule has 0 N–H and O–H groups in total. The summed E-state index contributed by atoms with van der Waals surface area (Å²) in [5, 5.41) is 8.85. The molecule has 0 spiro atoms. The summed E-state index contributed by atoms with van der Waals surface area (Å²) in [7, 11) is 0. The molecule has 1 heterocycles. The van der Waals surface area contributed by atoms with Crippen LogP contribution in [0.25, 0.3) is 0 Å². The van der Waals surface area contributed by atoms with Gasteiger partial charge in [-0.2, -0.15) is 5.26 Å². The average Bonchev–Trinajstić information content (AvgIpc) is 2.33. The van der Waals surface area contributed by atoms with Gasteiger partial charge in [0.25, 0.3) is 0 Å². The third-order valence-electron chi connectivity index (χ3n) is 3.54. The Labute approximate surface area is 102 Å². The number of anilines is 1. The van der Waals surface area contributed by atoms with E-state index in [1.54, 1.807) is 6.07 Å². The molecule has 1 fully saturated rings. The van der Waals surface area contributed by atoms with E-state index in [9.17, 15) is 4.39 Å². The zero-order valence-corrected chi connectivity index (χ0v) is 10.3. The zero-order valence-electron chi connectivity index (χ0n) is 10.3. The highest BCUT2D eigenvalue weighted by Gasteiger charge is 2.19. The van der Waals surface area contributed by atoms with Crippen molar-refractivity contribution in [2.75, 3.05) is 18.0 Å². The first kappa shape index (κ1) is 11.9. The van der Waals surface area contributed by atoms with E-state index in [1.807, 2.05) is 13.0 Å². The monoisotopic (exact) mass is 232 g/mol. The van der Waals surface area contributed by atoms with Gasteiger partial charge < -0.3 is 4.90 Å². The molecule has 2 nitrogen and oxygen atoms in total. The van der Waals surface area contributed by atoms with Crippen molar-refractivity contribution >= 4 is 5.69 Å². The fourth-order valence-corrected chi connectivity index (χ4v) is 2.28. The second kappa shape index (κ2) is 4.75. The third kappa shape index (κ3) is 2.41. The number of rotatable bonds is 1. The lowest BCUT2D eigenvalue weighted by molar-refractivity contribution is 0.434. The lowest BCUT2D eigenvalue weighted by Gasteiger charge is -2.32. The van der Waals surface area contributed by atoms with Gasteiger partial charge in [-0.15, -0.1) is 0 Å². The molecule has 0 saturated carbocycles. The number of halogens is 1. The predicted molar refractivity (Wildman–Crippen MR) is 66.5 cm³/mol. The summed E-state index contributed by atoms with van der Waals surface area (Å²) in [5.41, 5.74) is 1.92. The van der Waals surface area contributed by atoms with Crippen molar-refractivity contribution in [3.63, 3.8) is 0 Å². The minimum Gasteiger partial charge on any atom is -0.369 e. The molecule has 0 atom stereocenters. The van der Waals surface area contributed by atoms with Crippen LogP contribution >= 0.6 is 0 Å². The minimum absolute atomic E-state index is 0.276. The quantitative estimate of drug-likeness (QED) is 0.743. The molecule has 1 aromatic rings. The van der Waals surface area contributed by atoms with Crippen LogP contribution in [0.2, 0.25) is 0 Å². The molecule has 17 heavy (non-hydrogen) atoms. The normalized spacial score (nSPS) is 16.9. The second-order valence-electron chi connectivity index (χ2n) is 4.90. The lowest BCUT2D eigenvalue weighted by atomic mass is 9.98. The number of piperidine rings is 1. The van der Waals surface area contributed by atoms with Crippen molar-refractivity contribution in [2.45, 2.75) is 26.7 Å². The maximum Gasteiger partial charge on any atom is 0.147 e. The summed E-state index contributed by atoms with van der Waals surface area (Å²) in [6.07, 6.45) is 2.22. The average molecular weight is 232 g/mol. The number of benzene rings is 1. The predicted octanol–water partition coefficient (Wildman–Crippen LogP) is 3.24. The van der Waals surface area contributed by atoms with Gasteiger partial charge in [0, 0.05) is 13.1 Å². The van der Waals surface area contributed by atoms with E-state index in [-0.39, 0.29) is 5.82 Å². The Morgan fingerprint density at radius 1 is 1.35 bits per heavy atom. The van der Waals surface area contributed by atoms with Crippen molar-refractivity contribution in [1.82, 2.24) is 0 Å². The van der Waals surface area contributed by atoms with E-state index in [2.05, 4.69) is 11.8 Å². The fourth-order valence-electron chi connectivity index (χ4n) is 2.28. The Kier molecular flexibility index (Phi) is 3.33. The fraction of sp³-hybridized carbons (Fsp3) is 0.500. The SMILES string of the molecule is Cc1cc(N2CCC(C)CC2)c(F)cc1C#N. The zero-order chi connectivity index (χ0) is 12.4. The first-order valence-corrected chi connectivity index (χ1v) is 6.07. The highest BCUT2D eigenvalue weighted by atomic mass is 19.1. The third-order valence-corrected chi connectivity index (χ3v) is 3.54. The molecule has 3 heteroatoms. The molecule has 0 aliphatic carbocycles. The van der Waals surface area contributed by atoms with Gasteiger partial charge in [-0.05, 0) is 43.4 Å². The van der Waals surface area contributed by atoms with Crippen LogP contribution in [0.15, 0.2) is 12.1 Å². The number of nitriles is 1. The van der Waals surface area contributed by atoms with Crippen LogP contribution in [-0.4, -0.2) is 13.1 Å². The molecule has 1 aliphatic rings. The van der Waals surface area contributed by atoms with Gasteiger partial charge in [0.1, 0.15) is 5.82 Å². The van der Waals surface area contributed by atoms with Crippen molar-refractivity contribution in [3.05, 3.63) is 29.1 Å². The maximum absolute atomic E-state index is 13.9. The van der Waals surface area contributed by atoms with Crippen molar-refractivity contribution in [3.8, 4) is 6.07 Å². The van der Waals surface area contributed by atoms with Gasteiger partial charge in [0.2, 0.25) is 0 Å². The van der Waals surface area contributed by atoms with Gasteiger partial charge in [0.05, 0.1) is 17.3 Å². The molecule has 0 amide bonds. The van der Waals surface area contributed by atoms with E-state index in [1.165, 1.54) is 6.07 Å². The molecule has 0 unspecified atom stereocenters. The number of nitrogens with zero attached hydrogens (tertiary/aromatic N) is 2. The highest BCUT2D eigenvalue weighted by Crippen LogP contribution is 2.27. The van der Waals surface area contributed by atoms with Crippen LogP contribution in [0.1, 0.15) is 30.9 Å². The molecule has 1 aromatic carbocycles. The summed E-state index contributed by atoms with van der Waals surface area (Å²) in [6, 6.07) is 5.16. The van der Waals surface area contributed by atoms with Crippen LogP contribution in [0.5, 0.6) is 0 Å². The van der Waals surface area contributed by atoms with Gasteiger partial charge in [0.15, 0.2) is 0 Å². The van der Waals surface area contributed by atoms with Crippen LogP contribution in [0.3, 0.4) is 0 Å². The van der Waals surface area contributed by atoms with Crippen molar-refractivity contribution in [2.24, 2.45) is 5.92 Å². The van der Waals surface area contributed by atoms with Gasteiger partial charge >= 0.3 is 0 Å². The first-order valence-electron chi connectivity index (χ1n) is 6.07. The summed E-state index contributed by atoms with van der Waals surface area (Å²) in [4.78, 5) is 2.09. The standard InChI is InChI=1S/C14H17FN2/c1-10-3-5-17(6-4-10)14-7-11(2)12(9-16)8-13(14)15/h7-8,10H,3-6H2,1-2H3. The van der Waals surface area contributed by atoms with Gasteiger partial charge in [-0.1, -0.05) is 6.92 Å². The molecule has 90 valence electrons. The molecule has 0 bridgehead atoms. The Bertz CT molecular complexity index is 454. The van der Waals surface area contributed by atoms with Crippen LogP contribution in [0.4, 0.5) is 10.1 Å². The Hall–Kier alpha value is -1.56. The number of hydrogen-bond acceptors (Lipinski definition) is 2. The first-order chi connectivity index (χ1) is 8.11. The smallest absolute Gasteiger partial charge is 0.147 e. The van der Waals surface area contributed by atoms with Crippen LogP contribution in [-0.2, 0) is 0 Å². The van der Waals surface area contributed by atoms with Gasteiger partial charge in [-0.25, -0.2) is 4.39 Å². The Morgan fingerprint density at radius 3 is 2.59 bits per heavy atom. The van der Waals surface area contributed by atoms with E-state index >= 15 is 0 Å². The lowest BCUT2D eigenvalue weighted by Crippen LogP contribution is -2.33. The molecule has 1 saturated heterocycles. The summed E-state index contributed by atoms with van der Waals surface area (Å²) in [6.45, 7) is 5.90. The molecule has 0 aromatic heterocycles. The summed E-state index contributed by atoms with van der Waals surface area (Å²) >= 11 is 0. The highest BCUT2D eigenvalue weighted by molar-refractivity contribution is 5.55. The van der Waals surface area contributed by atoms with E-state index < -0.39 is 0 Å². The Morgan fingerprint density at radius 2 is 2.00 bits per heavy atom. The molecular weight excluding hydrogens is 215 g/mol.